The van der Waals surface area contributed by atoms with Crippen molar-refractivity contribution < 1.29 is 22.5 Å². The summed E-state index contributed by atoms with van der Waals surface area (Å²) in [4.78, 5) is 12.5. The van der Waals surface area contributed by atoms with Crippen LogP contribution in [-0.2, 0) is 10.1 Å². The molecule has 132 valence electrons. The molecule has 3 rings (SSSR count). The highest BCUT2D eigenvalue weighted by molar-refractivity contribution is 7.87. The van der Waals surface area contributed by atoms with E-state index in [9.17, 15) is 18.3 Å². The molecule has 0 heterocycles. The van der Waals surface area contributed by atoms with Gasteiger partial charge in [-0.15, -0.1) is 0 Å². The molecule has 3 aromatic carbocycles. The molecular weight excluding hydrogens is 352 g/mol. The van der Waals surface area contributed by atoms with Gasteiger partial charge in [0.15, 0.2) is 5.78 Å². The molecule has 0 fully saturated rings. The molecule has 1 N–H and O–H groups in total. The zero-order chi connectivity index (χ0) is 18.7. The van der Waals surface area contributed by atoms with E-state index in [1.165, 1.54) is 48.5 Å². The summed E-state index contributed by atoms with van der Waals surface area (Å²) < 4.78 is 29.7. The highest BCUT2D eigenvalue weighted by Gasteiger charge is 2.17. The Hall–Kier alpha value is -3.12. The quantitative estimate of drug-likeness (QED) is 0.549. The third-order valence-electron chi connectivity index (χ3n) is 3.78. The van der Waals surface area contributed by atoms with Crippen LogP contribution >= 0.6 is 0 Å². The van der Waals surface area contributed by atoms with Gasteiger partial charge in [-0.1, -0.05) is 29.8 Å². The van der Waals surface area contributed by atoms with Crippen LogP contribution in [0.5, 0.6) is 11.5 Å². The number of ketones is 1. The van der Waals surface area contributed by atoms with Crippen molar-refractivity contribution in [3.05, 3.63) is 89.5 Å². The van der Waals surface area contributed by atoms with Gasteiger partial charge in [-0.2, -0.15) is 8.42 Å². The van der Waals surface area contributed by atoms with Crippen LogP contribution in [0.25, 0.3) is 0 Å². The summed E-state index contributed by atoms with van der Waals surface area (Å²) in [5, 5.41) is 9.77. The number of hydrogen-bond donors (Lipinski definition) is 1. The molecule has 0 aliphatic carbocycles. The number of benzene rings is 3. The average molecular weight is 368 g/mol. The smallest absolute Gasteiger partial charge is 0.339 e. The maximum atomic E-state index is 12.4. The molecule has 0 saturated heterocycles. The SMILES string of the molecule is Cc1ccc(S(=O)(=O)Oc2ccc(C(=O)c3ccccc3O)cc2)cc1. The summed E-state index contributed by atoms with van der Waals surface area (Å²) in [5.41, 5.74) is 1.43. The van der Waals surface area contributed by atoms with Gasteiger partial charge in [-0.05, 0) is 55.5 Å². The van der Waals surface area contributed by atoms with E-state index in [1.54, 1.807) is 24.3 Å². The lowest BCUT2D eigenvalue weighted by Crippen LogP contribution is -2.10. The highest BCUT2D eigenvalue weighted by Crippen LogP contribution is 2.23. The van der Waals surface area contributed by atoms with Gasteiger partial charge in [0.05, 0.1) is 5.56 Å². The Morgan fingerprint density at radius 1 is 0.885 bits per heavy atom. The lowest BCUT2D eigenvalue weighted by atomic mass is 10.0. The standard InChI is InChI=1S/C20H16O5S/c1-14-6-12-17(13-7-14)26(23,24)25-16-10-8-15(9-11-16)20(22)18-4-2-3-5-19(18)21/h2-13,21H,1H3. The van der Waals surface area contributed by atoms with E-state index in [-0.39, 0.29) is 27.7 Å². The maximum absolute atomic E-state index is 12.4. The summed E-state index contributed by atoms with van der Waals surface area (Å²) in [5.74, 6) is -0.379. The first-order chi connectivity index (χ1) is 12.4. The van der Waals surface area contributed by atoms with E-state index in [0.29, 0.717) is 5.56 Å². The van der Waals surface area contributed by atoms with Crippen molar-refractivity contribution in [1.82, 2.24) is 0 Å². The van der Waals surface area contributed by atoms with E-state index in [4.69, 9.17) is 4.18 Å². The van der Waals surface area contributed by atoms with E-state index >= 15 is 0 Å². The molecule has 0 bridgehead atoms. The number of hydrogen-bond acceptors (Lipinski definition) is 5. The van der Waals surface area contributed by atoms with E-state index < -0.39 is 10.1 Å². The normalized spacial score (nSPS) is 11.1. The minimum Gasteiger partial charge on any atom is -0.507 e. The second-order valence-electron chi connectivity index (χ2n) is 5.72. The topological polar surface area (TPSA) is 80.7 Å². The largest absolute Gasteiger partial charge is 0.507 e. The van der Waals surface area contributed by atoms with Gasteiger partial charge >= 0.3 is 10.1 Å². The fraction of sp³-hybridized carbons (Fsp3) is 0.0500. The van der Waals surface area contributed by atoms with Gasteiger partial charge < -0.3 is 9.29 Å². The predicted molar refractivity (Wildman–Crippen MR) is 97.0 cm³/mol. The molecule has 0 unspecified atom stereocenters. The second kappa shape index (κ2) is 7.01. The van der Waals surface area contributed by atoms with Crippen molar-refractivity contribution in [1.29, 1.82) is 0 Å². The van der Waals surface area contributed by atoms with Crippen LogP contribution in [0.3, 0.4) is 0 Å². The molecule has 0 aliphatic heterocycles. The Kier molecular flexibility index (Phi) is 4.77. The van der Waals surface area contributed by atoms with Crippen molar-refractivity contribution in [3.8, 4) is 11.5 Å². The zero-order valence-electron chi connectivity index (χ0n) is 13.9. The first-order valence-corrected chi connectivity index (χ1v) is 9.21. The van der Waals surface area contributed by atoms with Gasteiger partial charge in [-0.25, -0.2) is 0 Å². The minimum atomic E-state index is -3.95. The molecule has 3 aromatic rings. The summed E-state index contributed by atoms with van der Waals surface area (Å²) in [6, 6.07) is 18.2. The fourth-order valence-electron chi connectivity index (χ4n) is 2.36. The number of carbonyl (C=O) groups is 1. The molecule has 0 amide bonds. The Balaban J connectivity index is 1.81. The predicted octanol–water partition coefficient (Wildman–Crippen LogP) is 3.70. The van der Waals surface area contributed by atoms with E-state index in [1.807, 2.05) is 6.92 Å². The monoisotopic (exact) mass is 368 g/mol. The molecular formula is C20H16O5S. The van der Waals surface area contributed by atoms with Crippen molar-refractivity contribution in [2.75, 3.05) is 0 Å². The summed E-state index contributed by atoms with van der Waals surface area (Å²) in [6.45, 7) is 1.86. The summed E-state index contributed by atoms with van der Waals surface area (Å²) >= 11 is 0. The third kappa shape index (κ3) is 3.75. The number of phenolic OH excluding ortho intramolecular Hbond substituents is 1. The van der Waals surface area contributed by atoms with Gasteiger partial charge in [-0.3, -0.25) is 4.79 Å². The van der Waals surface area contributed by atoms with Gasteiger partial charge in [0, 0.05) is 5.56 Å². The van der Waals surface area contributed by atoms with Crippen LogP contribution in [0.1, 0.15) is 21.5 Å². The van der Waals surface area contributed by atoms with Crippen LogP contribution in [0.15, 0.2) is 77.7 Å². The average Bonchev–Trinajstić information content (AvgIpc) is 2.62. The van der Waals surface area contributed by atoms with E-state index in [2.05, 4.69) is 0 Å². The Bertz CT molecular complexity index is 1040. The van der Waals surface area contributed by atoms with Crippen molar-refractivity contribution in [2.45, 2.75) is 11.8 Å². The highest BCUT2D eigenvalue weighted by atomic mass is 32.2. The molecule has 6 heteroatoms. The Morgan fingerprint density at radius 2 is 1.50 bits per heavy atom. The van der Waals surface area contributed by atoms with Crippen molar-refractivity contribution in [3.63, 3.8) is 0 Å². The molecule has 0 radical (unpaired) electrons. The molecule has 5 nitrogen and oxygen atoms in total. The number of carbonyl (C=O) groups excluding carboxylic acids is 1. The zero-order valence-corrected chi connectivity index (χ0v) is 14.7. The number of rotatable bonds is 5. The number of aryl methyl sites for hydroxylation is 1. The Morgan fingerprint density at radius 3 is 2.12 bits per heavy atom. The summed E-state index contributed by atoms with van der Waals surface area (Å²) in [6.07, 6.45) is 0. The Labute approximate surface area is 151 Å². The number of phenols is 1. The second-order valence-corrected chi connectivity index (χ2v) is 7.27. The molecule has 0 atom stereocenters. The number of aromatic hydroxyl groups is 1. The minimum absolute atomic E-state index is 0.0532. The van der Waals surface area contributed by atoms with Crippen LogP contribution in [0, 0.1) is 6.92 Å². The van der Waals surface area contributed by atoms with Crippen molar-refractivity contribution in [2.24, 2.45) is 0 Å². The molecule has 0 saturated carbocycles. The van der Waals surface area contributed by atoms with Crippen molar-refractivity contribution >= 4 is 15.9 Å². The third-order valence-corrected chi connectivity index (χ3v) is 5.04. The molecule has 0 aromatic heterocycles. The maximum Gasteiger partial charge on any atom is 0.339 e. The lowest BCUT2D eigenvalue weighted by Gasteiger charge is -2.08. The van der Waals surface area contributed by atoms with Crippen LogP contribution in [0.4, 0.5) is 0 Å². The number of para-hydroxylation sites is 1. The first-order valence-electron chi connectivity index (χ1n) is 7.81. The van der Waals surface area contributed by atoms with Gasteiger partial charge in [0.2, 0.25) is 0 Å². The first kappa shape index (κ1) is 17.7. The van der Waals surface area contributed by atoms with Crippen LogP contribution < -0.4 is 4.18 Å². The molecule has 26 heavy (non-hydrogen) atoms. The molecule has 0 spiro atoms. The lowest BCUT2D eigenvalue weighted by molar-refractivity contribution is 0.103. The van der Waals surface area contributed by atoms with E-state index in [0.717, 1.165) is 5.56 Å². The molecule has 0 aliphatic rings. The van der Waals surface area contributed by atoms with Crippen LogP contribution in [-0.4, -0.2) is 19.3 Å². The fourth-order valence-corrected chi connectivity index (χ4v) is 3.29. The van der Waals surface area contributed by atoms with Crippen LogP contribution in [0.2, 0.25) is 0 Å². The summed E-state index contributed by atoms with van der Waals surface area (Å²) in [7, 11) is -3.95. The van der Waals surface area contributed by atoms with Gasteiger partial charge in [0.25, 0.3) is 0 Å². The van der Waals surface area contributed by atoms with Gasteiger partial charge in [0.1, 0.15) is 16.4 Å².